The third-order valence-corrected chi connectivity index (χ3v) is 7.56. The van der Waals surface area contributed by atoms with Crippen LogP contribution in [0.5, 0.6) is 5.75 Å². The molecule has 0 unspecified atom stereocenters. The molecule has 1 amide bonds. The summed E-state index contributed by atoms with van der Waals surface area (Å²) in [4.78, 5) is 16.6. The number of nitrogens with one attached hydrogen (secondary N) is 1. The summed E-state index contributed by atoms with van der Waals surface area (Å²) in [5.74, 6) is 0.128. The summed E-state index contributed by atoms with van der Waals surface area (Å²) in [6, 6.07) is 22.1. The monoisotopic (exact) mass is 483 g/mol. The Morgan fingerprint density at radius 3 is 2.50 bits per heavy atom. The van der Waals surface area contributed by atoms with Gasteiger partial charge in [0.2, 0.25) is 0 Å². The maximum absolute atomic E-state index is 12.2. The molecule has 0 fully saturated rings. The van der Waals surface area contributed by atoms with Gasteiger partial charge in [0.05, 0.1) is 22.2 Å². The number of thiazole rings is 1. The number of aromatic nitrogens is 1. The van der Waals surface area contributed by atoms with E-state index in [-0.39, 0.29) is 22.3 Å². The Morgan fingerprint density at radius 1 is 1.03 bits per heavy atom. The van der Waals surface area contributed by atoms with Crippen LogP contribution in [0, 0.1) is 0 Å². The van der Waals surface area contributed by atoms with Crippen molar-refractivity contribution < 1.29 is 17.4 Å². The molecule has 1 heterocycles. The first-order valence-corrected chi connectivity index (χ1v) is 12.6. The SMILES string of the molecule is O=C(CSc1nc2ccccc2s1)N/N=C\c1ccc(OS(=O)(=O)c2ccccc2)cc1. The first kappa shape index (κ1) is 22.0. The molecule has 10 heteroatoms. The van der Waals surface area contributed by atoms with Gasteiger partial charge in [-0.1, -0.05) is 42.1 Å². The Hall–Kier alpha value is -3.21. The van der Waals surface area contributed by atoms with Crippen LogP contribution < -0.4 is 9.61 Å². The highest BCUT2D eigenvalue weighted by atomic mass is 32.2. The van der Waals surface area contributed by atoms with Gasteiger partial charge >= 0.3 is 10.1 Å². The molecule has 4 rings (SSSR count). The smallest absolute Gasteiger partial charge is 0.339 e. The second kappa shape index (κ2) is 9.94. The molecule has 0 saturated carbocycles. The Labute approximate surface area is 193 Å². The van der Waals surface area contributed by atoms with Crippen molar-refractivity contribution in [3.63, 3.8) is 0 Å². The molecule has 0 spiro atoms. The average molecular weight is 484 g/mol. The van der Waals surface area contributed by atoms with Crippen LogP contribution in [0.15, 0.2) is 93.2 Å². The normalized spacial score (nSPS) is 11.6. The van der Waals surface area contributed by atoms with E-state index in [2.05, 4.69) is 15.5 Å². The maximum atomic E-state index is 12.2. The van der Waals surface area contributed by atoms with Gasteiger partial charge in [0.15, 0.2) is 4.34 Å². The van der Waals surface area contributed by atoms with Crippen LogP contribution in [0.2, 0.25) is 0 Å². The molecule has 162 valence electrons. The van der Waals surface area contributed by atoms with E-state index in [1.807, 2.05) is 24.3 Å². The quantitative estimate of drug-likeness (QED) is 0.174. The lowest BCUT2D eigenvalue weighted by Crippen LogP contribution is -2.19. The number of benzene rings is 3. The van der Waals surface area contributed by atoms with Crippen molar-refractivity contribution in [1.29, 1.82) is 0 Å². The first-order chi connectivity index (χ1) is 15.5. The van der Waals surface area contributed by atoms with Crippen LogP contribution in [-0.4, -0.2) is 31.3 Å². The predicted octanol–water partition coefficient (Wildman–Crippen LogP) is 4.31. The van der Waals surface area contributed by atoms with Crippen LogP contribution in [0.4, 0.5) is 0 Å². The van der Waals surface area contributed by atoms with Crippen molar-refractivity contribution in [2.75, 3.05) is 5.75 Å². The highest BCUT2D eigenvalue weighted by Gasteiger charge is 2.15. The van der Waals surface area contributed by atoms with E-state index >= 15 is 0 Å². The molecule has 1 aromatic heterocycles. The number of hydrogen-bond acceptors (Lipinski definition) is 8. The second-order valence-corrected chi connectivity index (χ2v) is 10.2. The molecule has 0 saturated heterocycles. The van der Waals surface area contributed by atoms with E-state index in [1.54, 1.807) is 41.7 Å². The number of thioether (sulfide) groups is 1. The third-order valence-electron chi connectivity index (χ3n) is 4.12. The molecule has 0 bridgehead atoms. The number of hydrogen-bond donors (Lipinski definition) is 1. The fourth-order valence-electron chi connectivity index (χ4n) is 2.62. The molecule has 0 aliphatic carbocycles. The summed E-state index contributed by atoms with van der Waals surface area (Å²) in [6.45, 7) is 0. The van der Waals surface area contributed by atoms with E-state index in [9.17, 15) is 13.2 Å². The van der Waals surface area contributed by atoms with E-state index in [4.69, 9.17) is 4.18 Å². The minimum Gasteiger partial charge on any atom is -0.379 e. The van der Waals surface area contributed by atoms with Gasteiger partial charge < -0.3 is 4.18 Å². The molecule has 3 aromatic carbocycles. The fourth-order valence-corrected chi connectivity index (χ4v) is 5.43. The van der Waals surface area contributed by atoms with Crippen molar-refractivity contribution in [1.82, 2.24) is 10.4 Å². The van der Waals surface area contributed by atoms with Crippen LogP contribution in [0.25, 0.3) is 10.2 Å². The van der Waals surface area contributed by atoms with Crippen LogP contribution in [0.1, 0.15) is 5.56 Å². The van der Waals surface area contributed by atoms with E-state index in [1.165, 1.54) is 42.2 Å². The van der Waals surface area contributed by atoms with Gasteiger partial charge in [0, 0.05) is 0 Å². The average Bonchev–Trinajstić information content (AvgIpc) is 3.22. The predicted molar refractivity (Wildman–Crippen MR) is 127 cm³/mol. The fraction of sp³-hybridized carbons (Fsp3) is 0.0455. The zero-order valence-corrected chi connectivity index (χ0v) is 19.0. The zero-order valence-electron chi connectivity index (χ0n) is 16.5. The number of hydrazone groups is 1. The molecule has 1 N–H and O–H groups in total. The van der Waals surface area contributed by atoms with Gasteiger partial charge in [-0.15, -0.1) is 11.3 Å². The van der Waals surface area contributed by atoms with E-state index in [0.717, 1.165) is 14.6 Å². The van der Waals surface area contributed by atoms with Crippen LogP contribution in [0.3, 0.4) is 0 Å². The third kappa shape index (κ3) is 5.72. The minimum atomic E-state index is -3.89. The molecule has 0 radical (unpaired) electrons. The van der Waals surface area contributed by atoms with Gasteiger partial charge in [0.25, 0.3) is 5.91 Å². The van der Waals surface area contributed by atoms with Crippen LogP contribution in [-0.2, 0) is 14.9 Å². The lowest BCUT2D eigenvalue weighted by atomic mass is 10.2. The van der Waals surface area contributed by atoms with E-state index in [0.29, 0.717) is 5.56 Å². The molecule has 0 aliphatic heterocycles. The number of carbonyl (C=O) groups is 1. The Balaban J connectivity index is 1.27. The molecular formula is C22H17N3O4S3. The van der Waals surface area contributed by atoms with Gasteiger partial charge in [-0.3, -0.25) is 4.79 Å². The van der Waals surface area contributed by atoms with Crippen molar-refractivity contribution in [3.05, 3.63) is 84.4 Å². The summed E-state index contributed by atoms with van der Waals surface area (Å²) >= 11 is 2.90. The Bertz CT molecular complexity index is 1320. The Morgan fingerprint density at radius 2 is 1.75 bits per heavy atom. The summed E-state index contributed by atoms with van der Waals surface area (Å²) < 4.78 is 31.5. The molecule has 0 atom stereocenters. The maximum Gasteiger partial charge on any atom is 0.339 e. The summed E-state index contributed by atoms with van der Waals surface area (Å²) in [5.41, 5.74) is 4.06. The Kier molecular flexibility index (Phi) is 6.84. The molecule has 4 aromatic rings. The van der Waals surface area contributed by atoms with Gasteiger partial charge in [-0.05, 0) is 54.1 Å². The van der Waals surface area contributed by atoms with Crippen LogP contribution >= 0.6 is 23.1 Å². The summed E-state index contributed by atoms with van der Waals surface area (Å²) in [5, 5.41) is 3.93. The zero-order chi connectivity index (χ0) is 22.4. The van der Waals surface area contributed by atoms with Gasteiger partial charge in [-0.2, -0.15) is 13.5 Å². The summed E-state index contributed by atoms with van der Waals surface area (Å²) in [6.07, 6.45) is 1.47. The minimum absolute atomic E-state index is 0.0806. The molecule has 0 aliphatic rings. The number of amides is 1. The largest absolute Gasteiger partial charge is 0.379 e. The molecular weight excluding hydrogens is 466 g/mol. The van der Waals surface area contributed by atoms with Crippen molar-refractivity contribution in [3.8, 4) is 5.75 Å². The second-order valence-electron chi connectivity index (χ2n) is 6.45. The standard InChI is InChI=1S/C22H17N3O4S3/c26-21(15-30-22-24-19-8-4-5-9-20(19)31-22)25-23-14-16-10-12-17(13-11-16)29-32(27,28)18-6-2-1-3-7-18/h1-14H,15H2,(H,25,26)/b23-14-. The first-order valence-electron chi connectivity index (χ1n) is 9.39. The van der Waals surface area contributed by atoms with Gasteiger partial charge in [-0.25, -0.2) is 10.4 Å². The number of fused-ring (bicyclic) bond motifs is 1. The number of nitrogens with zero attached hydrogens (tertiary/aromatic N) is 2. The summed E-state index contributed by atoms with van der Waals surface area (Å²) in [7, 11) is -3.89. The topological polar surface area (TPSA) is 97.7 Å². The molecule has 7 nitrogen and oxygen atoms in total. The van der Waals surface area contributed by atoms with Gasteiger partial charge in [0.1, 0.15) is 10.6 Å². The van der Waals surface area contributed by atoms with Crippen molar-refractivity contribution in [2.45, 2.75) is 9.24 Å². The number of carbonyl (C=O) groups excluding carboxylic acids is 1. The molecule has 32 heavy (non-hydrogen) atoms. The number of rotatable bonds is 8. The number of para-hydroxylation sites is 1. The highest BCUT2D eigenvalue weighted by Crippen LogP contribution is 2.29. The van der Waals surface area contributed by atoms with Crippen molar-refractivity contribution in [2.24, 2.45) is 5.10 Å². The van der Waals surface area contributed by atoms with E-state index < -0.39 is 10.1 Å². The lowest BCUT2D eigenvalue weighted by Gasteiger charge is -2.06. The van der Waals surface area contributed by atoms with Crippen molar-refractivity contribution >= 4 is 55.6 Å². The lowest BCUT2D eigenvalue weighted by molar-refractivity contribution is -0.118. The highest BCUT2D eigenvalue weighted by molar-refractivity contribution is 8.01.